The maximum absolute atomic E-state index is 11.4. The highest BCUT2D eigenvalue weighted by Crippen LogP contribution is 2.29. The Morgan fingerprint density at radius 3 is 2.74 bits per heavy atom. The third-order valence-corrected chi connectivity index (χ3v) is 4.99. The van der Waals surface area contributed by atoms with Crippen molar-refractivity contribution >= 4 is 15.7 Å². The molecule has 0 aromatic heterocycles. The molecule has 0 aliphatic carbocycles. The van der Waals surface area contributed by atoms with Crippen LogP contribution in [0.4, 0.5) is 5.69 Å². The molecule has 5 nitrogen and oxygen atoms in total. The van der Waals surface area contributed by atoms with Gasteiger partial charge in [0.1, 0.15) is 12.4 Å². The van der Waals surface area contributed by atoms with E-state index in [4.69, 9.17) is 9.88 Å². The molecular weight excluding hydrogens is 312 g/mol. The number of hydrogen-bond donors (Lipinski definition) is 1. The van der Waals surface area contributed by atoms with Gasteiger partial charge in [0.25, 0.3) is 0 Å². The monoisotopic (exact) mass is 332 g/mol. The lowest BCUT2D eigenvalue weighted by Crippen LogP contribution is -2.26. The summed E-state index contributed by atoms with van der Waals surface area (Å²) in [4.78, 5) is 2.38. The van der Waals surface area contributed by atoms with E-state index in [9.17, 15) is 8.42 Å². The Hall–Kier alpha value is -2.05. The summed E-state index contributed by atoms with van der Waals surface area (Å²) in [5.74, 6) is 0.900. The normalized spacial score (nSPS) is 13.9. The fourth-order valence-electron chi connectivity index (χ4n) is 2.84. The van der Waals surface area contributed by atoms with Crippen molar-refractivity contribution in [3.05, 3.63) is 53.6 Å². The van der Waals surface area contributed by atoms with Crippen LogP contribution in [0.5, 0.6) is 5.75 Å². The number of anilines is 1. The number of aryl methyl sites for hydroxylation is 1. The molecule has 1 aliphatic heterocycles. The molecule has 0 amide bonds. The number of nitrogens with two attached hydrogens (primary N) is 1. The molecule has 0 fully saturated rings. The SMILES string of the molecule is Cc1ccccc1OCCN1CCc2cc(S(N)(=O)=O)ccc21. The van der Waals surface area contributed by atoms with Crippen LogP contribution in [0.1, 0.15) is 11.1 Å². The molecular formula is C17H20N2O3S. The summed E-state index contributed by atoms with van der Waals surface area (Å²) >= 11 is 0. The second-order valence-electron chi connectivity index (χ2n) is 5.69. The van der Waals surface area contributed by atoms with Gasteiger partial charge in [0.2, 0.25) is 10.0 Å². The minimum atomic E-state index is -3.64. The number of hydrogen-bond acceptors (Lipinski definition) is 4. The summed E-state index contributed by atoms with van der Waals surface area (Å²) in [6, 6.07) is 13.0. The standard InChI is InChI=1S/C17H20N2O3S/c1-13-4-2-3-5-17(13)22-11-10-19-9-8-14-12-15(23(18,20)21)6-7-16(14)19/h2-7,12H,8-11H2,1H3,(H2,18,20,21). The maximum atomic E-state index is 11.4. The molecule has 0 atom stereocenters. The van der Waals surface area contributed by atoms with E-state index in [1.165, 1.54) is 0 Å². The van der Waals surface area contributed by atoms with Crippen molar-refractivity contribution in [1.82, 2.24) is 0 Å². The number of primary sulfonamides is 1. The summed E-state index contributed by atoms with van der Waals surface area (Å²) in [6.07, 6.45) is 0.822. The quantitative estimate of drug-likeness (QED) is 0.910. The minimum Gasteiger partial charge on any atom is -0.491 e. The lowest BCUT2D eigenvalue weighted by Gasteiger charge is -2.20. The summed E-state index contributed by atoms with van der Waals surface area (Å²) in [5.41, 5.74) is 3.20. The van der Waals surface area contributed by atoms with E-state index in [0.717, 1.165) is 42.1 Å². The van der Waals surface area contributed by atoms with Crippen LogP contribution >= 0.6 is 0 Å². The largest absolute Gasteiger partial charge is 0.491 e. The van der Waals surface area contributed by atoms with Gasteiger partial charge in [-0.15, -0.1) is 0 Å². The van der Waals surface area contributed by atoms with Gasteiger partial charge in [-0.05, 0) is 48.7 Å². The molecule has 2 N–H and O–H groups in total. The van der Waals surface area contributed by atoms with Gasteiger partial charge in [-0.2, -0.15) is 0 Å². The van der Waals surface area contributed by atoms with Gasteiger partial charge < -0.3 is 9.64 Å². The van der Waals surface area contributed by atoms with Gasteiger partial charge in [0.05, 0.1) is 11.4 Å². The Morgan fingerprint density at radius 1 is 1.22 bits per heavy atom. The molecule has 3 rings (SSSR count). The second-order valence-corrected chi connectivity index (χ2v) is 7.25. The number of fused-ring (bicyclic) bond motifs is 1. The predicted molar refractivity (Wildman–Crippen MR) is 90.4 cm³/mol. The number of para-hydroxylation sites is 1. The van der Waals surface area contributed by atoms with Gasteiger partial charge >= 0.3 is 0 Å². The van der Waals surface area contributed by atoms with Gasteiger partial charge in [-0.1, -0.05) is 18.2 Å². The summed E-state index contributed by atoms with van der Waals surface area (Å²) in [7, 11) is -3.64. The molecule has 0 bridgehead atoms. The van der Waals surface area contributed by atoms with Crippen LogP contribution in [0, 0.1) is 6.92 Å². The molecule has 0 saturated carbocycles. The van der Waals surface area contributed by atoms with E-state index in [0.29, 0.717) is 6.61 Å². The average molecular weight is 332 g/mol. The molecule has 0 saturated heterocycles. The van der Waals surface area contributed by atoms with E-state index >= 15 is 0 Å². The van der Waals surface area contributed by atoms with Crippen molar-refractivity contribution in [2.45, 2.75) is 18.2 Å². The zero-order valence-corrected chi connectivity index (χ0v) is 13.8. The van der Waals surface area contributed by atoms with E-state index in [2.05, 4.69) is 4.90 Å². The zero-order chi connectivity index (χ0) is 16.4. The van der Waals surface area contributed by atoms with Crippen molar-refractivity contribution in [2.24, 2.45) is 5.14 Å². The smallest absolute Gasteiger partial charge is 0.238 e. The fraction of sp³-hybridized carbons (Fsp3) is 0.294. The van der Waals surface area contributed by atoms with E-state index < -0.39 is 10.0 Å². The van der Waals surface area contributed by atoms with Crippen molar-refractivity contribution < 1.29 is 13.2 Å². The Kier molecular flexibility index (Phi) is 4.28. The number of ether oxygens (including phenoxy) is 1. The number of sulfonamides is 1. The molecule has 6 heteroatoms. The molecule has 2 aromatic rings. The molecule has 0 spiro atoms. The number of benzene rings is 2. The molecule has 0 unspecified atom stereocenters. The third-order valence-electron chi connectivity index (χ3n) is 4.08. The lowest BCUT2D eigenvalue weighted by atomic mass is 10.2. The van der Waals surface area contributed by atoms with Crippen LogP contribution in [0.3, 0.4) is 0 Å². The molecule has 23 heavy (non-hydrogen) atoms. The number of rotatable bonds is 5. The van der Waals surface area contributed by atoms with Gasteiger partial charge in [0.15, 0.2) is 0 Å². The summed E-state index contributed by atoms with van der Waals surface area (Å²) in [6.45, 7) is 4.23. The third kappa shape index (κ3) is 3.48. The van der Waals surface area contributed by atoms with Crippen LogP contribution in [0.25, 0.3) is 0 Å². The Balaban J connectivity index is 1.65. The van der Waals surface area contributed by atoms with Crippen LogP contribution in [0.15, 0.2) is 47.4 Å². The maximum Gasteiger partial charge on any atom is 0.238 e. The van der Waals surface area contributed by atoms with E-state index in [1.807, 2.05) is 37.3 Å². The highest BCUT2D eigenvalue weighted by atomic mass is 32.2. The minimum absolute atomic E-state index is 0.175. The predicted octanol–water partition coefficient (Wildman–Crippen LogP) is 2.08. The van der Waals surface area contributed by atoms with Crippen LogP contribution < -0.4 is 14.8 Å². The van der Waals surface area contributed by atoms with Crippen LogP contribution in [-0.2, 0) is 16.4 Å². The van der Waals surface area contributed by atoms with Crippen LogP contribution in [-0.4, -0.2) is 28.1 Å². The molecule has 2 aromatic carbocycles. The lowest BCUT2D eigenvalue weighted by molar-refractivity contribution is 0.322. The van der Waals surface area contributed by atoms with Crippen molar-refractivity contribution in [3.63, 3.8) is 0 Å². The molecule has 122 valence electrons. The Labute approximate surface area is 136 Å². The van der Waals surface area contributed by atoms with Crippen LogP contribution in [0.2, 0.25) is 0 Å². The highest BCUT2D eigenvalue weighted by molar-refractivity contribution is 7.89. The second kappa shape index (κ2) is 6.22. The Morgan fingerprint density at radius 2 is 2.00 bits per heavy atom. The first kappa shape index (κ1) is 15.8. The van der Waals surface area contributed by atoms with Crippen molar-refractivity contribution in [2.75, 3.05) is 24.6 Å². The first-order valence-corrected chi connectivity index (χ1v) is 9.09. The average Bonchev–Trinajstić information content (AvgIpc) is 2.91. The topological polar surface area (TPSA) is 72.6 Å². The van der Waals surface area contributed by atoms with Crippen molar-refractivity contribution in [1.29, 1.82) is 0 Å². The first-order chi connectivity index (χ1) is 10.9. The molecule has 1 aliphatic rings. The Bertz CT molecular complexity index is 818. The summed E-state index contributed by atoms with van der Waals surface area (Å²) in [5, 5.41) is 5.18. The highest BCUT2D eigenvalue weighted by Gasteiger charge is 2.21. The van der Waals surface area contributed by atoms with Gasteiger partial charge in [0, 0.05) is 12.2 Å². The fourth-order valence-corrected chi connectivity index (χ4v) is 3.40. The van der Waals surface area contributed by atoms with Crippen molar-refractivity contribution in [3.8, 4) is 5.75 Å². The molecule has 0 radical (unpaired) electrons. The summed E-state index contributed by atoms with van der Waals surface area (Å²) < 4.78 is 28.7. The first-order valence-electron chi connectivity index (χ1n) is 7.54. The van der Waals surface area contributed by atoms with Gasteiger partial charge in [-0.25, -0.2) is 13.6 Å². The van der Waals surface area contributed by atoms with E-state index in [-0.39, 0.29) is 4.90 Å². The van der Waals surface area contributed by atoms with Gasteiger partial charge in [-0.3, -0.25) is 0 Å². The molecule has 1 heterocycles. The zero-order valence-electron chi connectivity index (χ0n) is 13.0. The van der Waals surface area contributed by atoms with E-state index in [1.54, 1.807) is 12.1 Å². The number of nitrogens with zero attached hydrogens (tertiary/aromatic N) is 1.